The Kier molecular flexibility index (Phi) is 16.8. The molecule has 8 atom stereocenters. The molecule has 60 heavy (non-hydrogen) atoms. The summed E-state index contributed by atoms with van der Waals surface area (Å²) in [6.07, 6.45) is 5.53. The smallest absolute Gasteiger partial charge is 0.407 e. The third-order valence-electron chi connectivity index (χ3n) is 11.9. The van der Waals surface area contributed by atoms with Crippen LogP contribution in [-0.4, -0.2) is 122 Å². The lowest BCUT2D eigenvalue weighted by Gasteiger charge is -2.36. The van der Waals surface area contributed by atoms with E-state index in [0.29, 0.717) is 49.4 Å². The Morgan fingerprint density at radius 3 is 2.47 bits per heavy atom. The maximum atomic E-state index is 13.5. The lowest BCUT2D eigenvalue weighted by atomic mass is 9.85. The van der Waals surface area contributed by atoms with E-state index >= 15 is 0 Å². The number of benzene rings is 1. The van der Waals surface area contributed by atoms with E-state index in [2.05, 4.69) is 10.6 Å². The van der Waals surface area contributed by atoms with E-state index in [1.54, 1.807) is 48.0 Å². The second kappa shape index (κ2) is 20.9. The number of carbonyl (C=O) groups excluding carboxylic acids is 6. The zero-order valence-electron chi connectivity index (χ0n) is 36.6. The van der Waals surface area contributed by atoms with Gasteiger partial charge in [0.25, 0.3) is 0 Å². The van der Waals surface area contributed by atoms with Gasteiger partial charge in [-0.2, -0.15) is 0 Å². The number of hydrogen-bond donors (Lipinski definition) is 2. The molecule has 3 heterocycles. The predicted molar refractivity (Wildman–Crippen MR) is 224 cm³/mol. The van der Waals surface area contributed by atoms with Crippen LogP contribution in [0.4, 0.5) is 4.79 Å². The molecule has 15 nitrogen and oxygen atoms in total. The number of carbonyl (C=O) groups is 6. The Balaban J connectivity index is 1.32. The Labute approximate surface area is 358 Å². The second-order valence-electron chi connectivity index (χ2n) is 17.0. The number of rotatable bonds is 21. The van der Waals surface area contributed by atoms with Crippen molar-refractivity contribution in [2.24, 2.45) is 11.3 Å². The highest BCUT2D eigenvalue weighted by Gasteiger charge is 2.63. The number of nitrogens with one attached hydrogen (secondary N) is 2. The van der Waals surface area contributed by atoms with Gasteiger partial charge < -0.3 is 39.2 Å². The number of nitrogens with zero attached hydrogens (tertiary/aromatic N) is 2. The molecule has 3 fully saturated rings. The Bertz CT molecular complexity index is 1820. The molecule has 4 rings (SSSR count). The van der Waals surface area contributed by atoms with Gasteiger partial charge >= 0.3 is 12.1 Å². The van der Waals surface area contributed by atoms with Crippen molar-refractivity contribution in [3.8, 4) is 5.75 Å². The van der Waals surface area contributed by atoms with E-state index in [-0.39, 0.29) is 48.8 Å². The molecule has 0 bridgehead atoms. The van der Waals surface area contributed by atoms with Crippen molar-refractivity contribution in [2.45, 2.75) is 135 Å². The Morgan fingerprint density at radius 1 is 1.12 bits per heavy atom. The molecule has 5 unspecified atom stereocenters. The highest BCUT2D eigenvalue weighted by Crippen LogP contribution is 2.48. The maximum Gasteiger partial charge on any atom is 0.407 e. The Hall–Kier alpha value is -4.47. The molecule has 3 aliphatic heterocycles. The van der Waals surface area contributed by atoms with Crippen LogP contribution in [0.15, 0.2) is 42.0 Å². The molecule has 1 aromatic rings. The van der Waals surface area contributed by atoms with E-state index in [0.717, 1.165) is 11.1 Å². The lowest BCUT2D eigenvalue weighted by molar-refractivity contribution is -0.162. The van der Waals surface area contributed by atoms with Gasteiger partial charge in [0.1, 0.15) is 29.6 Å². The topological polar surface area (TPSA) is 182 Å². The normalized spacial score (nSPS) is 24.6. The number of cyclic esters (lactones) is 1. The number of amides is 5. The number of esters is 1. The summed E-state index contributed by atoms with van der Waals surface area (Å²) in [4.78, 5) is 79.5. The molecule has 0 spiro atoms. The molecule has 1 aromatic carbocycles. The van der Waals surface area contributed by atoms with Gasteiger partial charge in [0.15, 0.2) is 0 Å². The van der Waals surface area contributed by atoms with Crippen molar-refractivity contribution in [3.05, 3.63) is 52.6 Å². The van der Waals surface area contributed by atoms with Crippen LogP contribution in [0, 0.1) is 11.3 Å². The number of epoxide rings is 1. The van der Waals surface area contributed by atoms with Gasteiger partial charge in [0.2, 0.25) is 23.6 Å². The number of allylic oxidation sites excluding steroid dienone is 3. The Morgan fingerprint density at radius 2 is 1.83 bits per heavy atom. The van der Waals surface area contributed by atoms with Crippen molar-refractivity contribution in [1.82, 2.24) is 20.4 Å². The van der Waals surface area contributed by atoms with Gasteiger partial charge in [-0.25, -0.2) is 9.59 Å². The molecule has 3 saturated heterocycles. The first kappa shape index (κ1) is 48.2. The van der Waals surface area contributed by atoms with Crippen LogP contribution >= 0.6 is 11.6 Å². The fourth-order valence-electron chi connectivity index (χ4n) is 7.84. The van der Waals surface area contributed by atoms with Crippen LogP contribution in [0.2, 0.25) is 5.02 Å². The standard InChI is InChI=1S/C44H63ClN4O11/c1-26(21-29-18-19-30(45)34(22-29)57-10)15-14-16-32(56-9)31-23-33(58-42(55)47-31)27(2)39-44(6,60-39)35(24-36(50)46-7)59-40(53)28(3)48(8)37(51)17-12-11-13-20-49-38(52)25-43(4,5)41(49)54/h14-16,18-19,22,27-28,31-33,35,39H,11-13,17,20-21,23-25H2,1-10H3,(H,46,50)(H,47,55)/b16-14+,26-15+/t27-,28?,31?,32-,33?,35+,39?,44?/m1/s1. The van der Waals surface area contributed by atoms with Crippen molar-refractivity contribution >= 4 is 47.3 Å². The van der Waals surface area contributed by atoms with Crippen LogP contribution in [-0.2, 0) is 49.3 Å². The molecular formula is C44H63ClN4O11. The number of unbranched alkanes of at least 4 members (excludes halogenated alkanes) is 2. The zero-order chi connectivity index (χ0) is 44.5. The number of methoxy groups -OCH3 is 2. The number of hydrogen-bond acceptors (Lipinski definition) is 11. The SMILES string of the molecule is CNC(=O)C[C@H](OC(=O)C(C)N(C)C(=O)CCCCCN1C(=O)CC(C)(C)C1=O)C1(C)OC1[C@H](C)C1CC([C@@H](/C=C/C=C(\C)Cc2ccc(Cl)c(OC)c2)OC)NC(=O)O1. The molecule has 5 amide bonds. The van der Waals surface area contributed by atoms with Crippen LogP contribution in [0.1, 0.15) is 92.1 Å². The monoisotopic (exact) mass is 858 g/mol. The van der Waals surface area contributed by atoms with Gasteiger partial charge in [-0.15, -0.1) is 0 Å². The van der Waals surface area contributed by atoms with E-state index in [4.69, 9.17) is 35.3 Å². The summed E-state index contributed by atoms with van der Waals surface area (Å²) in [5, 5.41) is 6.00. The van der Waals surface area contributed by atoms with Crippen LogP contribution in [0.3, 0.4) is 0 Å². The largest absolute Gasteiger partial charge is 0.495 e. The van der Waals surface area contributed by atoms with Gasteiger partial charge in [-0.05, 0) is 57.7 Å². The third-order valence-corrected chi connectivity index (χ3v) is 12.2. The molecule has 0 radical (unpaired) electrons. The number of halogens is 1. The first-order valence-electron chi connectivity index (χ1n) is 20.6. The molecule has 0 saturated carbocycles. The number of ether oxygens (including phenoxy) is 5. The minimum atomic E-state index is -1.08. The lowest BCUT2D eigenvalue weighted by Crippen LogP contribution is -2.53. The fraction of sp³-hybridized carbons (Fsp3) is 0.636. The highest BCUT2D eigenvalue weighted by molar-refractivity contribution is 6.32. The van der Waals surface area contributed by atoms with Crippen LogP contribution in [0.25, 0.3) is 0 Å². The summed E-state index contributed by atoms with van der Waals surface area (Å²) >= 11 is 6.17. The number of likely N-dealkylation sites (tertiary alicyclic amines) is 1. The minimum absolute atomic E-state index is 0.163. The van der Waals surface area contributed by atoms with E-state index in [1.807, 2.05) is 44.2 Å². The number of imide groups is 1. The number of alkyl carbamates (subject to hydrolysis) is 1. The van der Waals surface area contributed by atoms with E-state index in [9.17, 15) is 28.8 Å². The van der Waals surface area contributed by atoms with Crippen LogP contribution in [0.5, 0.6) is 5.75 Å². The summed E-state index contributed by atoms with van der Waals surface area (Å²) in [7, 11) is 6.15. The van der Waals surface area contributed by atoms with Gasteiger partial charge in [0, 0.05) is 52.9 Å². The van der Waals surface area contributed by atoms with Gasteiger partial charge in [-0.3, -0.25) is 24.1 Å². The molecule has 332 valence electrons. The van der Waals surface area contributed by atoms with Crippen molar-refractivity contribution in [1.29, 1.82) is 0 Å². The predicted octanol–water partition coefficient (Wildman–Crippen LogP) is 5.31. The third kappa shape index (κ3) is 12.1. The van der Waals surface area contributed by atoms with Crippen molar-refractivity contribution in [2.75, 3.05) is 34.9 Å². The van der Waals surface area contributed by atoms with Crippen molar-refractivity contribution < 1.29 is 52.5 Å². The average Bonchev–Trinajstić information content (AvgIpc) is 3.86. The fourth-order valence-corrected chi connectivity index (χ4v) is 8.04. The summed E-state index contributed by atoms with van der Waals surface area (Å²) in [5.74, 6) is -1.43. The average molecular weight is 859 g/mol. The molecule has 0 aliphatic carbocycles. The molecule has 2 N–H and O–H groups in total. The highest BCUT2D eigenvalue weighted by atomic mass is 35.5. The molecular weight excluding hydrogens is 796 g/mol. The van der Waals surface area contributed by atoms with E-state index in [1.165, 1.54) is 23.9 Å². The van der Waals surface area contributed by atoms with Gasteiger partial charge in [-0.1, -0.05) is 68.7 Å². The van der Waals surface area contributed by atoms with E-state index < -0.39 is 59.6 Å². The first-order valence-corrected chi connectivity index (χ1v) is 21.0. The second-order valence-corrected chi connectivity index (χ2v) is 17.4. The summed E-state index contributed by atoms with van der Waals surface area (Å²) < 4.78 is 29.0. The van der Waals surface area contributed by atoms with Crippen LogP contribution < -0.4 is 15.4 Å². The maximum absolute atomic E-state index is 13.5. The zero-order valence-corrected chi connectivity index (χ0v) is 37.4. The van der Waals surface area contributed by atoms with Gasteiger partial charge in [0.05, 0.1) is 42.2 Å². The summed E-state index contributed by atoms with van der Waals surface area (Å²) in [5.41, 5.74) is 0.364. The molecule has 0 aromatic heterocycles. The molecule has 3 aliphatic rings. The number of likely N-dealkylation sites (N-methyl/N-ethyl adjacent to an activating group) is 1. The summed E-state index contributed by atoms with van der Waals surface area (Å²) in [6, 6.07) is 4.28. The quantitative estimate of drug-likeness (QED) is 0.0538. The van der Waals surface area contributed by atoms with Crippen molar-refractivity contribution in [3.63, 3.8) is 0 Å². The first-order chi connectivity index (χ1) is 28.3. The summed E-state index contributed by atoms with van der Waals surface area (Å²) in [6.45, 7) is 11.1. The minimum Gasteiger partial charge on any atom is -0.495 e. The molecule has 16 heteroatoms.